The maximum Gasteiger partial charge on any atom is 0.210 e. The molecule has 0 radical (unpaired) electrons. The normalized spacial score (nSPS) is 18.3. The molecule has 7 nitrogen and oxygen atoms in total. The van der Waals surface area contributed by atoms with E-state index in [9.17, 15) is 0 Å². The fraction of sp³-hybridized carbons (Fsp3) is 0.182. The summed E-state index contributed by atoms with van der Waals surface area (Å²) in [4.78, 5) is 4.46. The molecular formula is C11H14N6O. The molecule has 0 aliphatic carbocycles. The van der Waals surface area contributed by atoms with Crippen LogP contribution in [0.15, 0.2) is 40.9 Å². The number of methoxy groups -OCH3 is 1. The molecule has 3 rings (SSSR count). The average Bonchev–Trinajstić information content (AvgIpc) is 2.92. The Labute approximate surface area is 104 Å². The highest BCUT2D eigenvalue weighted by Gasteiger charge is 2.33. The third-order valence-corrected chi connectivity index (χ3v) is 2.82. The SMILES string of the molecule is COc1ccccc1C1=NC2=C(N)NN(C)N2N1. The minimum absolute atomic E-state index is 0.509. The smallest absolute Gasteiger partial charge is 0.210 e. The number of nitrogens with one attached hydrogen (secondary N) is 2. The summed E-state index contributed by atoms with van der Waals surface area (Å²) >= 11 is 0. The maximum absolute atomic E-state index is 5.83. The lowest BCUT2D eigenvalue weighted by Gasteiger charge is -2.22. The van der Waals surface area contributed by atoms with Gasteiger partial charge in [-0.2, -0.15) is 5.12 Å². The van der Waals surface area contributed by atoms with Crippen molar-refractivity contribution in [2.75, 3.05) is 14.2 Å². The molecule has 0 spiro atoms. The minimum Gasteiger partial charge on any atom is -0.496 e. The molecule has 0 aromatic heterocycles. The number of fused-ring (bicyclic) bond motifs is 1. The van der Waals surface area contributed by atoms with Gasteiger partial charge in [0.2, 0.25) is 5.82 Å². The molecule has 1 aromatic rings. The van der Waals surface area contributed by atoms with E-state index in [4.69, 9.17) is 10.5 Å². The minimum atomic E-state index is 0.509. The molecule has 0 fully saturated rings. The summed E-state index contributed by atoms with van der Waals surface area (Å²) in [6.45, 7) is 0. The zero-order valence-electron chi connectivity index (χ0n) is 10.1. The lowest BCUT2D eigenvalue weighted by atomic mass is 10.2. The maximum atomic E-state index is 5.83. The number of aliphatic imine (C=N–C) groups is 1. The van der Waals surface area contributed by atoms with Gasteiger partial charge in [-0.25, -0.2) is 4.99 Å². The monoisotopic (exact) mass is 246 g/mol. The van der Waals surface area contributed by atoms with Crippen LogP contribution in [0.3, 0.4) is 0 Å². The Kier molecular flexibility index (Phi) is 2.27. The first-order chi connectivity index (χ1) is 8.70. The van der Waals surface area contributed by atoms with E-state index in [-0.39, 0.29) is 0 Å². The van der Waals surface area contributed by atoms with Gasteiger partial charge in [0.15, 0.2) is 11.7 Å². The summed E-state index contributed by atoms with van der Waals surface area (Å²) in [5, 5.41) is 3.45. The Balaban J connectivity index is 2.01. The quantitative estimate of drug-likeness (QED) is 0.666. The summed E-state index contributed by atoms with van der Waals surface area (Å²) in [5.41, 5.74) is 12.8. The van der Waals surface area contributed by atoms with Gasteiger partial charge >= 0.3 is 0 Å². The predicted molar refractivity (Wildman–Crippen MR) is 66.6 cm³/mol. The number of para-hydroxylation sites is 1. The van der Waals surface area contributed by atoms with E-state index in [2.05, 4.69) is 15.8 Å². The van der Waals surface area contributed by atoms with Gasteiger partial charge in [0.05, 0.1) is 12.7 Å². The standard InChI is InChI=1S/C11H14N6O/c1-16-14-9(12)11-13-10(15-17(11)16)7-5-3-4-6-8(7)18-2/h3-6,14H,12H2,1-2H3,(H,13,15). The molecule has 2 aliphatic heterocycles. The number of hydrogen-bond donors (Lipinski definition) is 3. The largest absolute Gasteiger partial charge is 0.496 e. The zero-order valence-corrected chi connectivity index (χ0v) is 10.1. The molecule has 4 N–H and O–H groups in total. The van der Waals surface area contributed by atoms with Gasteiger partial charge in [0.1, 0.15) is 5.75 Å². The van der Waals surface area contributed by atoms with E-state index in [1.165, 1.54) is 0 Å². The number of hydrazine groups is 3. The molecule has 0 saturated carbocycles. The predicted octanol–water partition coefficient (Wildman–Crippen LogP) is -0.288. The summed E-state index contributed by atoms with van der Waals surface area (Å²) in [7, 11) is 3.48. The van der Waals surface area contributed by atoms with Gasteiger partial charge in [-0.3, -0.25) is 10.9 Å². The first-order valence-electron chi connectivity index (χ1n) is 5.49. The Hall–Kier alpha value is -2.41. The molecule has 0 atom stereocenters. The van der Waals surface area contributed by atoms with E-state index >= 15 is 0 Å². The number of nitrogens with two attached hydrogens (primary N) is 1. The van der Waals surface area contributed by atoms with Crippen LogP contribution in [0.25, 0.3) is 0 Å². The van der Waals surface area contributed by atoms with E-state index in [0.29, 0.717) is 17.5 Å². The van der Waals surface area contributed by atoms with Crippen molar-refractivity contribution in [1.82, 2.24) is 21.1 Å². The van der Waals surface area contributed by atoms with Crippen LogP contribution in [0, 0.1) is 0 Å². The van der Waals surface area contributed by atoms with Crippen molar-refractivity contribution in [2.24, 2.45) is 10.7 Å². The molecule has 94 valence electrons. The molecule has 0 bridgehead atoms. The number of amidine groups is 1. The summed E-state index contributed by atoms with van der Waals surface area (Å²) < 4.78 is 5.32. The molecule has 0 saturated heterocycles. The average molecular weight is 246 g/mol. The number of rotatable bonds is 2. The Morgan fingerprint density at radius 2 is 2.06 bits per heavy atom. The molecule has 7 heteroatoms. The highest BCUT2D eigenvalue weighted by molar-refractivity contribution is 6.02. The van der Waals surface area contributed by atoms with Crippen molar-refractivity contribution in [3.8, 4) is 5.75 Å². The van der Waals surface area contributed by atoms with Crippen molar-refractivity contribution >= 4 is 5.84 Å². The van der Waals surface area contributed by atoms with Crippen LogP contribution >= 0.6 is 0 Å². The summed E-state index contributed by atoms with van der Waals surface area (Å²) in [5.74, 6) is 2.63. The molecular weight excluding hydrogens is 232 g/mol. The fourth-order valence-electron chi connectivity index (χ4n) is 1.96. The topological polar surface area (TPSA) is 78.2 Å². The van der Waals surface area contributed by atoms with Crippen molar-refractivity contribution in [2.45, 2.75) is 0 Å². The number of benzene rings is 1. The van der Waals surface area contributed by atoms with E-state index in [0.717, 1.165) is 11.3 Å². The van der Waals surface area contributed by atoms with Crippen LogP contribution < -0.4 is 21.3 Å². The van der Waals surface area contributed by atoms with Gasteiger partial charge < -0.3 is 10.5 Å². The molecule has 18 heavy (non-hydrogen) atoms. The second kappa shape index (κ2) is 3.81. The summed E-state index contributed by atoms with van der Waals surface area (Å²) in [6.07, 6.45) is 0. The van der Waals surface area contributed by atoms with Crippen molar-refractivity contribution in [3.63, 3.8) is 0 Å². The Morgan fingerprint density at radius 1 is 1.28 bits per heavy atom. The third kappa shape index (κ3) is 1.45. The molecule has 2 aliphatic rings. The van der Waals surface area contributed by atoms with Crippen molar-refractivity contribution < 1.29 is 4.74 Å². The summed E-state index contributed by atoms with van der Waals surface area (Å²) in [6, 6.07) is 7.69. The van der Waals surface area contributed by atoms with Crippen LogP contribution in [0.2, 0.25) is 0 Å². The molecule has 0 unspecified atom stereocenters. The van der Waals surface area contributed by atoms with Crippen LogP contribution in [-0.2, 0) is 0 Å². The lowest BCUT2D eigenvalue weighted by molar-refractivity contribution is 0.00595. The number of hydrogen-bond acceptors (Lipinski definition) is 7. The Morgan fingerprint density at radius 3 is 2.78 bits per heavy atom. The van der Waals surface area contributed by atoms with E-state index in [1.807, 2.05) is 31.3 Å². The molecule has 1 aromatic carbocycles. The molecule has 2 heterocycles. The third-order valence-electron chi connectivity index (χ3n) is 2.82. The van der Waals surface area contributed by atoms with Gasteiger partial charge in [-0.15, -0.1) is 5.12 Å². The van der Waals surface area contributed by atoms with Crippen LogP contribution in [0.1, 0.15) is 5.56 Å². The van der Waals surface area contributed by atoms with Crippen LogP contribution in [-0.4, -0.2) is 30.2 Å². The van der Waals surface area contributed by atoms with Gasteiger partial charge in [-0.05, 0) is 12.1 Å². The first kappa shape index (κ1) is 10.7. The second-order valence-corrected chi connectivity index (χ2v) is 3.96. The number of ether oxygens (including phenoxy) is 1. The van der Waals surface area contributed by atoms with Crippen molar-refractivity contribution in [1.29, 1.82) is 0 Å². The van der Waals surface area contributed by atoms with E-state index in [1.54, 1.807) is 17.3 Å². The van der Waals surface area contributed by atoms with Crippen LogP contribution in [0.5, 0.6) is 5.75 Å². The van der Waals surface area contributed by atoms with E-state index < -0.39 is 0 Å². The molecule has 0 amide bonds. The highest BCUT2D eigenvalue weighted by Crippen LogP contribution is 2.25. The van der Waals surface area contributed by atoms with Crippen LogP contribution in [0.4, 0.5) is 0 Å². The highest BCUT2D eigenvalue weighted by atomic mass is 16.5. The lowest BCUT2D eigenvalue weighted by Crippen LogP contribution is -2.47. The van der Waals surface area contributed by atoms with Crippen molar-refractivity contribution in [3.05, 3.63) is 41.5 Å². The van der Waals surface area contributed by atoms with Gasteiger partial charge in [0, 0.05) is 7.05 Å². The fourth-order valence-corrected chi connectivity index (χ4v) is 1.96. The van der Waals surface area contributed by atoms with Gasteiger partial charge in [-0.1, -0.05) is 12.1 Å². The second-order valence-electron chi connectivity index (χ2n) is 3.96. The van der Waals surface area contributed by atoms with Gasteiger partial charge in [0.25, 0.3) is 0 Å². The number of nitrogens with zero attached hydrogens (tertiary/aromatic N) is 3. The first-order valence-corrected chi connectivity index (χ1v) is 5.49. The Bertz CT molecular complexity index is 552. The zero-order chi connectivity index (χ0) is 12.7.